The first-order chi connectivity index (χ1) is 9.40. The molecule has 1 N–H and O–H groups in total. The molecule has 1 aliphatic carbocycles. The quantitative estimate of drug-likeness (QED) is 0.929. The number of hydrogen-bond donors (Lipinski definition) is 1. The first-order valence-corrected chi connectivity index (χ1v) is 7.69. The Kier molecular flexibility index (Phi) is 2.78. The zero-order valence-corrected chi connectivity index (χ0v) is 11.5. The van der Waals surface area contributed by atoms with Crippen LogP contribution < -0.4 is 10.1 Å². The first kappa shape index (κ1) is 11.4. The summed E-state index contributed by atoms with van der Waals surface area (Å²) in [6.45, 7) is 0.816. The van der Waals surface area contributed by atoms with Gasteiger partial charge in [-0.1, -0.05) is 6.07 Å². The van der Waals surface area contributed by atoms with Crippen molar-refractivity contribution >= 4 is 11.3 Å². The summed E-state index contributed by atoms with van der Waals surface area (Å²) < 4.78 is 5.58. The van der Waals surface area contributed by atoms with Gasteiger partial charge in [0.05, 0.1) is 12.6 Å². The zero-order valence-electron chi connectivity index (χ0n) is 10.6. The van der Waals surface area contributed by atoms with Gasteiger partial charge in [-0.3, -0.25) is 0 Å². The lowest BCUT2D eigenvalue weighted by Crippen LogP contribution is -2.24. The number of nitrogens with zero attached hydrogens (tertiary/aromatic N) is 1. The Morgan fingerprint density at radius 1 is 1.37 bits per heavy atom. The highest BCUT2D eigenvalue weighted by Crippen LogP contribution is 2.33. The van der Waals surface area contributed by atoms with Gasteiger partial charge < -0.3 is 10.1 Å². The van der Waals surface area contributed by atoms with Crippen LogP contribution in [0.2, 0.25) is 0 Å². The lowest BCUT2D eigenvalue weighted by molar-refractivity contribution is 0.357. The number of benzene rings is 1. The average molecular weight is 272 g/mol. The van der Waals surface area contributed by atoms with Crippen molar-refractivity contribution in [3.05, 3.63) is 45.9 Å². The van der Waals surface area contributed by atoms with Gasteiger partial charge in [0.2, 0.25) is 0 Å². The number of rotatable bonds is 4. The van der Waals surface area contributed by atoms with E-state index in [0.717, 1.165) is 23.8 Å². The third-order valence-electron chi connectivity index (χ3n) is 3.72. The highest BCUT2D eigenvalue weighted by Gasteiger charge is 2.28. The summed E-state index contributed by atoms with van der Waals surface area (Å²) >= 11 is 1.72. The SMILES string of the molecule is c1csc(C(NC2CC2)c2ccc3c(c2)CCO3)n1. The molecule has 1 aromatic carbocycles. The van der Waals surface area contributed by atoms with Crippen LogP contribution >= 0.6 is 11.3 Å². The van der Waals surface area contributed by atoms with Gasteiger partial charge in [0, 0.05) is 24.0 Å². The van der Waals surface area contributed by atoms with E-state index in [1.54, 1.807) is 11.3 Å². The molecular formula is C15H16N2OS. The molecule has 1 aromatic heterocycles. The number of hydrogen-bond acceptors (Lipinski definition) is 4. The predicted molar refractivity (Wildman–Crippen MR) is 75.8 cm³/mol. The largest absolute Gasteiger partial charge is 0.493 e. The molecule has 0 radical (unpaired) electrons. The van der Waals surface area contributed by atoms with E-state index in [0.29, 0.717) is 6.04 Å². The number of aromatic nitrogens is 1. The topological polar surface area (TPSA) is 34.1 Å². The Hall–Kier alpha value is -1.39. The molecule has 0 spiro atoms. The fourth-order valence-corrected chi connectivity index (χ4v) is 3.28. The van der Waals surface area contributed by atoms with Gasteiger partial charge >= 0.3 is 0 Å². The van der Waals surface area contributed by atoms with Crippen LogP contribution in [0.3, 0.4) is 0 Å². The van der Waals surface area contributed by atoms with E-state index in [-0.39, 0.29) is 6.04 Å². The Balaban J connectivity index is 1.69. The predicted octanol–water partition coefficient (Wildman–Crippen LogP) is 2.92. The van der Waals surface area contributed by atoms with E-state index in [4.69, 9.17) is 4.74 Å². The van der Waals surface area contributed by atoms with Crippen molar-refractivity contribution in [3.8, 4) is 5.75 Å². The second kappa shape index (κ2) is 4.62. The second-order valence-corrected chi connectivity index (χ2v) is 6.14. The molecule has 1 atom stereocenters. The molecule has 1 saturated carbocycles. The third-order valence-corrected chi connectivity index (χ3v) is 4.57. The van der Waals surface area contributed by atoms with Gasteiger partial charge in [0.25, 0.3) is 0 Å². The summed E-state index contributed by atoms with van der Waals surface area (Å²) in [5.41, 5.74) is 2.64. The van der Waals surface area contributed by atoms with E-state index in [1.165, 1.54) is 24.0 Å². The van der Waals surface area contributed by atoms with Gasteiger partial charge in [0.15, 0.2) is 0 Å². The van der Waals surface area contributed by atoms with Gasteiger partial charge in [-0.15, -0.1) is 11.3 Å². The maximum absolute atomic E-state index is 5.58. The van der Waals surface area contributed by atoms with Crippen LogP contribution in [0.1, 0.15) is 35.0 Å². The summed E-state index contributed by atoms with van der Waals surface area (Å²) in [6, 6.07) is 7.46. The van der Waals surface area contributed by atoms with Crippen LogP contribution in [0.15, 0.2) is 29.8 Å². The van der Waals surface area contributed by atoms with E-state index < -0.39 is 0 Å². The molecule has 0 bridgehead atoms. The highest BCUT2D eigenvalue weighted by atomic mass is 32.1. The number of thiazole rings is 1. The number of fused-ring (bicyclic) bond motifs is 1. The Labute approximate surface area is 116 Å². The lowest BCUT2D eigenvalue weighted by Gasteiger charge is -2.17. The molecule has 0 amide bonds. The van der Waals surface area contributed by atoms with Gasteiger partial charge in [-0.2, -0.15) is 0 Å². The summed E-state index contributed by atoms with van der Waals surface area (Å²) in [6.07, 6.45) is 5.49. The minimum absolute atomic E-state index is 0.235. The minimum Gasteiger partial charge on any atom is -0.493 e. The Morgan fingerprint density at radius 2 is 2.32 bits per heavy atom. The van der Waals surface area contributed by atoms with Crippen LogP contribution in [0.5, 0.6) is 5.75 Å². The van der Waals surface area contributed by atoms with Gasteiger partial charge in [-0.25, -0.2) is 4.98 Å². The summed E-state index contributed by atoms with van der Waals surface area (Å²) in [4.78, 5) is 4.49. The fourth-order valence-electron chi connectivity index (χ4n) is 2.56. The summed E-state index contributed by atoms with van der Waals surface area (Å²) in [7, 11) is 0. The van der Waals surface area contributed by atoms with E-state index in [2.05, 4.69) is 28.5 Å². The van der Waals surface area contributed by atoms with Crippen molar-refractivity contribution in [2.75, 3.05) is 6.61 Å². The van der Waals surface area contributed by atoms with Crippen LogP contribution in [0.4, 0.5) is 0 Å². The fraction of sp³-hybridized carbons (Fsp3) is 0.400. The standard InChI is InChI=1S/C15H16N2OS/c1-4-13-10(5-7-18-13)9-11(1)14(17-12-2-3-12)15-16-6-8-19-15/h1,4,6,8-9,12,14,17H,2-3,5,7H2. The molecule has 4 heteroatoms. The van der Waals surface area contributed by atoms with Crippen LogP contribution in [-0.4, -0.2) is 17.6 Å². The van der Waals surface area contributed by atoms with Crippen molar-refractivity contribution in [1.29, 1.82) is 0 Å². The van der Waals surface area contributed by atoms with Crippen LogP contribution in [-0.2, 0) is 6.42 Å². The van der Waals surface area contributed by atoms with Crippen molar-refractivity contribution in [2.45, 2.75) is 31.3 Å². The Bertz CT molecular complexity index is 578. The molecule has 2 aromatic rings. The van der Waals surface area contributed by atoms with Gasteiger partial charge in [0.1, 0.15) is 10.8 Å². The number of nitrogens with one attached hydrogen (secondary N) is 1. The molecule has 19 heavy (non-hydrogen) atoms. The maximum Gasteiger partial charge on any atom is 0.122 e. The highest BCUT2D eigenvalue weighted by molar-refractivity contribution is 7.09. The second-order valence-electron chi connectivity index (χ2n) is 5.21. The van der Waals surface area contributed by atoms with E-state index in [1.807, 2.05) is 11.6 Å². The normalized spacial score (nSPS) is 18.9. The molecule has 1 aliphatic heterocycles. The van der Waals surface area contributed by atoms with Gasteiger partial charge in [-0.05, 0) is 36.1 Å². The van der Waals surface area contributed by atoms with Crippen molar-refractivity contribution < 1.29 is 4.74 Å². The van der Waals surface area contributed by atoms with Crippen molar-refractivity contribution in [1.82, 2.24) is 10.3 Å². The Morgan fingerprint density at radius 3 is 3.11 bits per heavy atom. The zero-order chi connectivity index (χ0) is 12.7. The molecule has 2 heterocycles. The lowest BCUT2D eigenvalue weighted by atomic mass is 10.0. The van der Waals surface area contributed by atoms with Crippen LogP contribution in [0, 0.1) is 0 Å². The molecule has 0 saturated heterocycles. The molecule has 98 valence electrons. The first-order valence-electron chi connectivity index (χ1n) is 6.81. The molecule has 2 aliphatic rings. The summed E-state index contributed by atoms with van der Waals surface area (Å²) in [5.74, 6) is 1.05. The smallest absolute Gasteiger partial charge is 0.122 e. The molecule has 1 fully saturated rings. The monoisotopic (exact) mass is 272 g/mol. The summed E-state index contributed by atoms with van der Waals surface area (Å²) in [5, 5.41) is 6.92. The molecule has 4 rings (SSSR count). The minimum atomic E-state index is 0.235. The van der Waals surface area contributed by atoms with Crippen molar-refractivity contribution in [2.24, 2.45) is 0 Å². The number of ether oxygens (including phenoxy) is 1. The third kappa shape index (κ3) is 2.26. The average Bonchev–Trinajstić information content (AvgIpc) is 2.95. The molecular weight excluding hydrogens is 256 g/mol. The van der Waals surface area contributed by atoms with E-state index >= 15 is 0 Å². The van der Waals surface area contributed by atoms with Crippen molar-refractivity contribution in [3.63, 3.8) is 0 Å². The maximum atomic E-state index is 5.58. The molecule has 3 nitrogen and oxygen atoms in total. The van der Waals surface area contributed by atoms with E-state index in [9.17, 15) is 0 Å². The molecule has 1 unspecified atom stereocenters. The van der Waals surface area contributed by atoms with Crippen LogP contribution in [0.25, 0.3) is 0 Å².